The fourth-order valence-electron chi connectivity index (χ4n) is 3.86. The fourth-order valence-corrected chi connectivity index (χ4v) is 5.69. The normalized spacial score (nSPS) is 17.0. The quantitative estimate of drug-likeness (QED) is 0.235. The summed E-state index contributed by atoms with van der Waals surface area (Å²) in [6.07, 6.45) is 4.48. The molecular weight excluding hydrogens is 616 g/mol. The van der Waals surface area contributed by atoms with E-state index in [0.717, 1.165) is 35.9 Å². The second-order valence-electron chi connectivity index (χ2n) is 8.11. The Kier molecular flexibility index (Phi) is 8.53. The number of esters is 1. The number of nitrogens with zero attached hydrogens (tertiary/aromatic N) is 2. The summed E-state index contributed by atoms with van der Waals surface area (Å²) in [5.74, 6) is -0.881. The van der Waals surface area contributed by atoms with Crippen LogP contribution in [0.5, 0.6) is 11.5 Å². The molecule has 0 aliphatic carbocycles. The first-order chi connectivity index (χ1) is 17.3. The van der Waals surface area contributed by atoms with Gasteiger partial charge in [-0.25, -0.2) is 4.79 Å². The number of hydrogen-bond acceptors (Lipinski definition) is 7. The molecule has 2 aliphatic rings. The van der Waals surface area contributed by atoms with Gasteiger partial charge < -0.3 is 14.4 Å². The molecule has 0 unspecified atom stereocenters. The molecule has 0 atom stereocenters. The van der Waals surface area contributed by atoms with Crippen LogP contribution in [0.4, 0.5) is 4.79 Å². The lowest BCUT2D eigenvalue weighted by Gasteiger charge is -2.27. The van der Waals surface area contributed by atoms with Gasteiger partial charge in [0.05, 0.1) is 22.1 Å². The van der Waals surface area contributed by atoms with Crippen molar-refractivity contribution in [3.05, 3.63) is 61.4 Å². The zero-order valence-corrected chi connectivity index (χ0v) is 23.3. The SMILES string of the molecule is COc1cc(/C=C2\SC(=O)N(CC(=O)N3CCCCC3)C2=O)cc(Br)c1OC(=O)c1ccccc1Br. The Morgan fingerprint density at radius 3 is 2.47 bits per heavy atom. The lowest BCUT2D eigenvalue weighted by Crippen LogP contribution is -2.44. The molecule has 0 saturated carbocycles. The highest BCUT2D eigenvalue weighted by Gasteiger charge is 2.37. The van der Waals surface area contributed by atoms with Gasteiger partial charge in [-0.2, -0.15) is 0 Å². The fraction of sp³-hybridized carbons (Fsp3) is 0.280. The summed E-state index contributed by atoms with van der Waals surface area (Å²) in [5, 5.41) is -0.485. The highest BCUT2D eigenvalue weighted by atomic mass is 79.9. The number of halogens is 2. The van der Waals surface area contributed by atoms with E-state index in [1.165, 1.54) is 7.11 Å². The van der Waals surface area contributed by atoms with Crippen molar-refractivity contribution in [3.8, 4) is 11.5 Å². The summed E-state index contributed by atoms with van der Waals surface area (Å²) < 4.78 is 12.0. The van der Waals surface area contributed by atoms with Crippen LogP contribution < -0.4 is 9.47 Å². The Labute approximate surface area is 229 Å². The number of likely N-dealkylation sites (tertiary alicyclic amines) is 1. The van der Waals surface area contributed by atoms with Crippen LogP contribution in [-0.4, -0.2) is 59.6 Å². The molecule has 2 aromatic rings. The first-order valence-corrected chi connectivity index (χ1v) is 13.6. The monoisotopic (exact) mass is 636 g/mol. The van der Waals surface area contributed by atoms with Crippen LogP contribution >= 0.6 is 43.6 Å². The molecule has 188 valence electrons. The number of thioether (sulfide) groups is 1. The highest BCUT2D eigenvalue weighted by molar-refractivity contribution is 9.10. The summed E-state index contributed by atoms with van der Waals surface area (Å²) >= 11 is 7.52. The molecule has 2 saturated heterocycles. The first-order valence-electron chi connectivity index (χ1n) is 11.2. The maximum absolute atomic E-state index is 12.9. The summed E-state index contributed by atoms with van der Waals surface area (Å²) in [6, 6.07) is 10.1. The number of methoxy groups -OCH3 is 1. The number of hydrogen-bond donors (Lipinski definition) is 0. The highest BCUT2D eigenvalue weighted by Crippen LogP contribution is 2.39. The average molecular weight is 638 g/mol. The van der Waals surface area contributed by atoms with Crippen molar-refractivity contribution >= 4 is 72.7 Å². The van der Waals surface area contributed by atoms with E-state index in [9.17, 15) is 19.2 Å². The average Bonchev–Trinajstić information content (AvgIpc) is 3.13. The van der Waals surface area contributed by atoms with Crippen LogP contribution in [-0.2, 0) is 9.59 Å². The van der Waals surface area contributed by atoms with Crippen molar-refractivity contribution in [1.29, 1.82) is 0 Å². The van der Waals surface area contributed by atoms with Gasteiger partial charge in [-0.3, -0.25) is 19.3 Å². The van der Waals surface area contributed by atoms with Crippen molar-refractivity contribution in [2.24, 2.45) is 0 Å². The van der Waals surface area contributed by atoms with E-state index in [0.29, 0.717) is 33.2 Å². The van der Waals surface area contributed by atoms with E-state index in [2.05, 4.69) is 31.9 Å². The molecule has 2 aromatic carbocycles. The van der Waals surface area contributed by atoms with Crippen molar-refractivity contribution in [1.82, 2.24) is 9.80 Å². The number of amides is 3. The van der Waals surface area contributed by atoms with Crippen LogP contribution in [0.25, 0.3) is 6.08 Å². The van der Waals surface area contributed by atoms with Gasteiger partial charge in [-0.05, 0) is 98.8 Å². The van der Waals surface area contributed by atoms with Crippen LogP contribution in [0.1, 0.15) is 35.2 Å². The molecule has 2 fully saturated rings. The number of benzene rings is 2. The lowest BCUT2D eigenvalue weighted by molar-refractivity contribution is -0.136. The first kappa shape index (κ1) is 26.4. The van der Waals surface area contributed by atoms with E-state index >= 15 is 0 Å². The summed E-state index contributed by atoms with van der Waals surface area (Å²) in [5.41, 5.74) is 0.899. The summed E-state index contributed by atoms with van der Waals surface area (Å²) in [6.45, 7) is 1.03. The lowest BCUT2D eigenvalue weighted by atomic mass is 10.1. The maximum atomic E-state index is 12.9. The van der Waals surface area contributed by atoms with Crippen LogP contribution in [0.3, 0.4) is 0 Å². The predicted molar refractivity (Wildman–Crippen MR) is 143 cm³/mol. The number of carbonyl (C=O) groups is 4. The van der Waals surface area contributed by atoms with Crippen LogP contribution in [0, 0.1) is 0 Å². The van der Waals surface area contributed by atoms with Crippen LogP contribution in [0.2, 0.25) is 0 Å². The van der Waals surface area contributed by atoms with E-state index in [1.807, 2.05) is 0 Å². The zero-order valence-electron chi connectivity index (χ0n) is 19.3. The molecule has 11 heteroatoms. The third kappa shape index (κ3) is 5.84. The van der Waals surface area contributed by atoms with Gasteiger partial charge in [0.25, 0.3) is 11.1 Å². The van der Waals surface area contributed by atoms with Gasteiger partial charge in [0.15, 0.2) is 11.5 Å². The van der Waals surface area contributed by atoms with Gasteiger partial charge in [-0.15, -0.1) is 0 Å². The topological polar surface area (TPSA) is 93.2 Å². The third-order valence-corrected chi connectivity index (χ3v) is 7.90. The summed E-state index contributed by atoms with van der Waals surface area (Å²) in [4.78, 5) is 53.5. The number of carbonyl (C=O) groups excluding carboxylic acids is 4. The Morgan fingerprint density at radius 1 is 1.06 bits per heavy atom. The number of piperidine rings is 1. The Balaban J connectivity index is 1.52. The van der Waals surface area contributed by atoms with Gasteiger partial charge >= 0.3 is 5.97 Å². The van der Waals surface area contributed by atoms with Gasteiger partial charge in [0.2, 0.25) is 5.91 Å². The largest absolute Gasteiger partial charge is 0.493 e. The standard InChI is InChI=1S/C25H22Br2N2O6S/c1-34-19-12-15(11-18(27)22(19)35-24(32)16-7-3-4-8-17(16)26)13-20-23(31)29(25(33)36-20)14-21(30)28-9-5-2-6-10-28/h3-4,7-8,11-13H,2,5-6,9-10,14H2,1H3/b20-13-. The van der Waals surface area contributed by atoms with Gasteiger partial charge in [-0.1, -0.05) is 12.1 Å². The molecule has 0 N–H and O–H groups in total. The van der Waals surface area contributed by atoms with Crippen molar-refractivity contribution < 1.29 is 28.7 Å². The zero-order chi connectivity index (χ0) is 25.8. The van der Waals surface area contributed by atoms with E-state index in [1.54, 1.807) is 47.4 Å². The molecule has 0 spiro atoms. The van der Waals surface area contributed by atoms with E-state index in [4.69, 9.17) is 9.47 Å². The predicted octanol–water partition coefficient (Wildman–Crippen LogP) is 5.49. The molecule has 3 amide bonds. The number of rotatable bonds is 6. The summed E-state index contributed by atoms with van der Waals surface area (Å²) in [7, 11) is 1.43. The van der Waals surface area contributed by atoms with Crippen molar-refractivity contribution in [2.45, 2.75) is 19.3 Å². The molecular formula is C25H22Br2N2O6S. The number of imide groups is 1. The van der Waals surface area contributed by atoms with E-state index in [-0.39, 0.29) is 28.9 Å². The smallest absolute Gasteiger partial charge is 0.344 e. The Hall–Kier alpha value is -2.63. The number of ether oxygens (including phenoxy) is 2. The minimum Gasteiger partial charge on any atom is -0.493 e. The molecule has 8 nitrogen and oxygen atoms in total. The third-order valence-electron chi connectivity index (χ3n) is 5.71. The van der Waals surface area contributed by atoms with Gasteiger partial charge in [0.1, 0.15) is 6.54 Å². The molecule has 2 aliphatic heterocycles. The van der Waals surface area contributed by atoms with E-state index < -0.39 is 17.1 Å². The Bertz CT molecular complexity index is 1260. The molecule has 36 heavy (non-hydrogen) atoms. The molecule has 4 rings (SSSR count). The van der Waals surface area contributed by atoms with Crippen LogP contribution in [0.15, 0.2) is 50.2 Å². The molecule has 0 radical (unpaired) electrons. The second-order valence-corrected chi connectivity index (χ2v) is 10.8. The second kappa shape index (κ2) is 11.6. The molecule has 2 heterocycles. The minimum absolute atomic E-state index is 0.177. The van der Waals surface area contributed by atoms with Crippen molar-refractivity contribution in [3.63, 3.8) is 0 Å². The van der Waals surface area contributed by atoms with Crippen molar-refractivity contribution in [2.75, 3.05) is 26.7 Å². The van der Waals surface area contributed by atoms with Gasteiger partial charge in [0, 0.05) is 17.6 Å². The maximum Gasteiger partial charge on any atom is 0.344 e. The minimum atomic E-state index is -0.575. The molecule has 0 aromatic heterocycles. The molecule has 0 bridgehead atoms. The Morgan fingerprint density at radius 2 is 1.78 bits per heavy atom.